The standard InChI is InChI=1S/C55H36N2S2/c1-55(2)45-31-39(56(49-11-5-29-58-49)47-27-19-37-15-13-33-7-3-9-35-17-23-43(47)53(37)51(33)35)21-25-41(45)42-26-22-40(32-46(42)55)57(50-12-6-30-59-50)48-28-20-38-16-14-34-8-4-10-36-18-24-44(48)54(38)52(34)36/h3-32H,1-2H3. The summed E-state index contributed by atoms with van der Waals surface area (Å²) < 4.78 is 0. The first-order chi connectivity index (χ1) is 29.0. The van der Waals surface area contributed by atoms with Crippen LogP contribution in [0.15, 0.2) is 181 Å². The number of benzene rings is 10. The molecule has 0 spiro atoms. The number of hydrogen-bond donors (Lipinski definition) is 0. The molecule has 0 bridgehead atoms. The molecule has 12 aromatic rings. The molecule has 0 N–H and O–H groups in total. The molecular weight excluding hydrogens is 753 g/mol. The summed E-state index contributed by atoms with van der Waals surface area (Å²) in [4.78, 5) is 4.96. The molecule has 278 valence electrons. The third-order valence-electron chi connectivity index (χ3n) is 13.1. The second kappa shape index (κ2) is 12.2. The largest absolute Gasteiger partial charge is 0.301 e. The van der Waals surface area contributed by atoms with Gasteiger partial charge in [0.25, 0.3) is 0 Å². The monoisotopic (exact) mass is 788 g/mol. The molecule has 0 saturated carbocycles. The van der Waals surface area contributed by atoms with Crippen LogP contribution in [0.25, 0.3) is 75.8 Å². The zero-order valence-corrected chi connectivity index (χ0v) is 34.2. The Labute approximate surface area is 350 Å². The molecule has 0 aliphatic heterocycles. The minimum absolute atomic E-state index is 0.232. The Morgan fingerprint density at radius 1 is 0.373 bits per heavy atom. The van der Waals surface area contributed by atoms with Gasteiger partial charge in [-0.2, -0.15) is 0 Å². The van der Waals surface area contributed by atoms with Crippen molar-refractivity contribution in [1.29, 1.82) is 0 Å². The normalized spacial score (nSPS) is 13.4. The van der Waals surface area contributed by atoms with Gasteiger partial charge in [-0.15, -0.1) is 22.7 Å². The van der Waals surface area contributed by atoms with E-state index in [1.165, 1.54) is 120 Å². The Morgan fingerprint density at radius 3 is 1.17 bits per heavy atom. The molecule has 13 rings (SSSR count). The number of fused-ring (bicyclic) bond motifs is 3. The first-order valence-electron chi connectivity index (χ1n) is 20.3. The fourth-order valence-corrected chi connectivity index (χ4v) is 11.9. The molecule has 59 heavy (non-hydrogen) atoms. The molecule has 10 aromatic carbocycles. The number of thiophene rings is 2. The smallest absolute Gasteiger partial charge is 0.0999 e. The summed E-state index contributed by atoms with van der Waals surface area (Å²) in [5.41, 5.74) is 9.86. The highest BCUT2D eigenvalue weighted by Gasteiger charge is 2.37. The zero-order chi connectivity index (χ0) is 39.0. The molecule has 2 aromatic heterocycles. The minimum atomic E-state index is -0.232. The van der Waals surface area contributed by atoms with Crippen LogP contribution in [0.2, 0.25) is 0 Å². The summed E-state index contributed by atoms with van der Waals surface area (Å²) >= 11 is 3.57. The lowest BCUT2D eigenvalue weighted by Gasteiger charge is -2.29. The summed E-state index contributed by atoms with van der Waals surface area (Å²) in [5, 5.41) is 22.4. The van der Waals surface area contributed by atoms with E-state index in [4.69, 9.17) is 0 Å². The van der Waals surface area contributed by atoms with Crippen LogP contribution in [0.1, 0.15) is 25.0 Å². The van der Waals surface area contributed by atoms with Crippen LogP contribution in [-0.4, -0.2) is 0 Å². The highest BCUT2D eigenvalue weighted by Crippen LogP contribution is 2.54. The van der Waals surface area contributed by atoms with Crippen molar-refractivity contribution in [1.82, 2.24) is 0 Å². The summed E-state index contributed by atoms with van der Waals surface area (Å²) in [6.45, 7) is 4.81. The molecule has 0 amide bonds. The minimum Gasteiger partial charge on any atom is -0.301 e. The first-order valence-corrected chi connectivity index (χ1v) is 22.1. The molecule has 1 aliphatic carbocycles. The second-order valence-corrected chi connectivity index (χ2v) is 18.4. The van der Waals surface area contributed by atoms with E-state index in [2.05, 4.69) is 204 Å². The van der Waals surface area contributed by atoms with Gasteiger partial charge in [0.15, 0.2) is 0 Å². The predicted molar refractivity (Wildman–Crippen MR) is 257 cm³/mol. The van der Waals surface area contributed by atoms with E-state index < -0.39 is 0 Å². The Morgan fingerprint density at radius 2 is 0.763 bits per heavy atom. The number of hydrogen-bond acceptors (Lipinski definition) is 4. The van der Waals surface area contributed by atoms with Crippen LogP contribution < -0.4 is 9.80 Å². The summed E-state index contributed by atoms with van der Waals surface area (Å²) in [6.07, 6.45) is 0. The van der Waals surface area contributed by atoms with Crippen LogP contribution in [0.4, 0.5) is 32.8 Å². The summed E-state index contributed by atoms with van der Waals surface area (Å²) in [7, 11) is 0. The van der Waals surface area contributed by atoms with Crippen molar-refractivity contribution in [2.45, 2.75) is 19.3 Å². The van der Waals surface area contributed by atoms with E-state index in [0.717, 1.165) is 0 Å². The molecule has 0 fully saturated rings. The van der Waals surface area contributed by atoms with Crippen molar-refractivity contribution in [3.8, 4) is 11.1 Å². The van der Waals surface area contributed by atoms with E-state index in [1.54, 1.807) is 22.7 Å². The number of rotatable bonds is 6. The van der Waals surface area contributed by atoms with Gasteiger partial charge in [-0.1, -0.05) is 123 Å². The number of nitrogens with zero attached hydrogens (tertiary/aromatic N) is 2. The van der Waals surface area contributed by atoms with Crippen molar-refractivity contribution >= 4 is 120 Å². The SMILES string of the molecule is CC1(C)c2cc(N(c3cccs3)c3ccc4ccc5cccc6ccc3c4c56)ccc2-c2ccc(N(c3cccs3)c3ccc4ccc5cccc6ccc3c4c56)cc21. The van der Waals surface area contributed by atoms with Gasteiger partial charge in [-0.05, 0) is 148 Å². The van der Waals surface area contributed by atoms with Crippen LogP contribution in [-0.2, 0) is 5.41 Å². The Bertz CT molecular complexity index is 3330. The Hall–Kier alpha value is -6.72. The van der Waals surface area contributed by atoms with Gasteiger partial charge in [0.05, 0.1) is 21.4 Å². The molecule has 0 unspecified atom stereocenters. The van der Waals surface area contributed by atoms with Gasteiger partial charge in [-0.25, -0.2) is 0 Å². The Kier molecular flexibility index (Phi) is 6.85. The van der Waals surface area contributed by atoms with Gasteiger partial charge >= 0.3 is 0 Å². The van der Waals surface area contributed by atoms with Gasteiger partial charge in [0, 0.05) is 27.6 Å². The lowest BCUT2D eigenvalue weighted by molar-refractivity contribution is 0.660. The average Bonchev–Trinajstić information content (AvgIpc) is 4.05. The van der Waals surface area contributed by atoms with Crippen LogP contribution >= 0.6 is 22.7 Å². The van der Waals surface area contributed by atoms with Crippen molar-refractivity contribution in [3.63, 3.8) is 0 Å². The van der Waals surface area contributed by atoms with Gasteiger partial charge in [-0.3, -0.25) is 0 Å². The van der Waals surface area contributed by atoms with E-state index >= 15 is 0 Å². The number of anilines is 6. The van der Waals surface area contributed by atoms with Crippen molar-refractivity contribution in [2.75, 3.05) is 9.80 Å². The van der Waals surface area contributed by atoms with Crippen molar-refractivity contribution in [3.05, 3.63) is 192 Å². The molecule has 0 radical (unpaired) electrons. The fraction of sp³-hybridized carbons (Fsp3) is 0.0545. The fourth-order valence-electron chi connectivity index (χ4n) is 10.4. The van der Waals surface area contributed by atoms with Gasteiger partial charge < -0.3 is 9.80 Å². The van der Waals surface area contributed by atoms with Crippen molar-refractivity contribution < 1.29 is 0 Å². The lowest BCUT2D eigenvalue weighted by Crippen LogP contribution is -2.17. The predicted octanol–water partition coefficient (Wildman–Crippen LogP) is 16.9. The second-order valence-electron chi connectivity index (χ2n) is 16.5. The van der Waals surface area contributed by atoms with Crippen LogP contribution in [0.5, 0.6) is 0 Å². The van der Waals surface area contributed by atoms with E-state index in [-0.39, 0.29) is 5.41 Å². The Balaban J connectivity index is 0.962. The van der Waals surface area contributed by atoms with E-state index in [1.807, 2.05) is 0 Å². The first kappa shape index (κ1) is 33.3. The molecular formula is C55H36N2S2. The van der Waals surface area contributed by atoms with E-state index in [0.29, 0.717) is 0 Å². The molecule has 0 saturated heterocycles. The molecule has 2 nitrogen and oxygen atoms in total. The quantitative estimate of drug-likeness (QED) is 0.155. The molecule has 4 heteroatoms. The maximum Gasteiger partial charge on any atom is 0.0999 e. The molecule has 2 heterocycles. The third kappa shape index (κ3) is 4.67. The maximum atomic E-state index is 2.48. The molecule has 0 atom stereocenters. The van der Waals surface area contributed by atoms with Gasteiger partial charge in [0.1, 0.15) is 0 Å². The van der Waals surface area contributed by atoms with E-state index in [9.17, 15) is 0 Å². The van der Waals surface area contributed by atoms with Gasteiger partial charge in [0.2, 0.25) is 0 Å². The zero-order valence-electron chi connectivity index (χ0n) is 32.5. The third-order valence-corrected chi connectivity index (χ3v) is 14.8. The van der Waals surface area contributed by atoms with Crippen molar-refractivity contribution in [2.24, 2.45) is 0 Å². The molecule has 1 aliphatic rings. The summed E-state index contributed by atoms with van der Waals surface area (Å²) in [5.74, 6) is 0. The summed E-state index contributed by atoms with van der Waals surface area (Å²) in [6, 6.07) is 64.0. The maximum absolute atomic E-state index is 2.48. The van der Waals surface area contributed by atoms with Crippen LogP contribution in [0.3, 0.4) is 0 Å². The van der Waals surface area contributed by atoms with Crippen LogP contribution in [0, 0.1) is 0 Å². The lowest BCUT2D eigenvalue weighted by atomic mass is 9.82. The highest BCUT2D eigenvalue weighted by molar-refractivity contribution is 7.14. The topological polar surface area (TPSA) is 6.48 Å². The highest BCUT2D eigenvalue weighted by atomic mass is 32.1. The average molecular weight is 789 g/mol.